The zero-order valence-electron chi connectivity index (χ0n) is 9.38. The highest BCUT2D eigenvalue weighted by Gasteiger charge is 2.44. The standard InChI is InChI=1S/C13H17BrN2/c14-11-7-10(15)3-4-12(11)16-8-13(9-16)5-1-2-6-13/h3-4,7H,1-2,5-6,8-9,15H2. The van der Waals surface area contributed by atoms with Crippen molar-refractivity contribution < 1.29 is 0 Å². The molecule has 86 valence electrons. The number of nitrogen functional groups attached to an aromatic ring is 1. The first-order valence-corrected chi connectivity index (χ1v) is 6.78. The Morgan fingerprint density at radius 2 is 1.88 bits per heavy atom. The number of halogens is 1. The average Bonchev–Trinajstić information content (AvgIpc) is 2.65. The van der Waals surface area contributed by atoms with Crippen LogP contribution in [0, 0.1) is 5.41 Å². The maximum atomic E-state index is 5.75. The molecule has 1 saturated carbocycles. The highest BCUT2D eigenvalue weighted by molar-refractivity contribution is 9.10. The van der Waals surface area contributed by atoms with Crippen LogP contribution in [0.25, 0.3) is 0 Å². The molecular formula is C13H17BrN2. The quantitative estimate of drug-likeness (QED) is 0.799. The predicted octanol–water partition coefficient (Wildman–Crippen LogP) is 3.41. The van der Waals surface area contributed by atoms with Gasteiger partial charge in [-0.05, 0) is 47.0 Å². The lowest BCUT2D eigenvalue weighted by atomic mass is 9.78. The monoisotopic (exact) mass is 280 g/mol. The zero-order chi connectivity index (χ0) is 11.2. The van der Waals surface area contributed by atoms with Crippen molar-refractivity contribution in [3.8, 4) is 0 Å². The topological polar surface area (TPSA) is 29.3 Å². The van der Waals surface area contributed by atoms with Gasteiger partial charge in [-0.1, -0.05) is 12.8 Å². The van der Waals surface area contributed by atoms with Crippen molar-refractivity contribution in [3.63, 3.8) is 0 Å². The fraction of sp³-hybridized carbons (Fsp3) is 0.538. The number of hydrogen-bond acceptors (Lipinski definition) is 2. The van der Waals surface area contributed by atoms with E-state index in [2.05, 4.69) is 26.9 Å². The lowest BCUT2D eigenvalue weighted by molar-refractivity contribution is 0.222. The Bertz CT molecular complexity index is 402. The summed E-state index contributed by atoms with van der Waals surface area (Å²) in [6, 6.07) is 6.11. The third kappa shape index (κ3) is 1.61. The Morgan fingerprint density at radius 1 is 1.19 bits per heavy atom. The molecule has 2 nitrogen and oxygen atoms in total. The minimum atomic E-state index is 0.654. The molecule has 0 atom stereocenters. The second kappa shape index (κ2) is 3.66. The summed E-state index contributed by atoms with van der Waals surface area (Å²) in [5, 5.41) is 0. The molecule has 16 heavy (non-hydrogen) atoms. The number of benzene rings is 1. The summed E-state index contributed by atoms with van der Waals surface area (Å²) in [5.74, 6) is 0. The Kier molecular flexibility index (Phi) is 2.39. The van der Waals surface area contributed by atoms with Crippen LogP contribution in [0.3, 0.4) is 0 Å². The summed E-state index contributed by atoms with van der Waals surface area (Å²) in [4.78, 5) is 2.47. The molecule has 3 rings (SSSR count). The van der Waals surface area contributed by atoms with Crippen LogP contribution in [-0.2, 0) is 0 Å². The van der Waals surface area contributed by atoms with E-state index in [1.165, 1.54) is 44.5 Å². The molecule has 1 heterocycles. The summed E-state index contributed by atoms with van der Waals surface area (Å²) in [5.41, 5.74) is 8.53. The Hall–Kier alpha value is -0.700. The van der Waals surface area contributed by atoms with Crippen LogP contribution in [0.4, 0.5) is 11.4 Å². The van der Waals surface area contributed by atoms with Crippen molar-refractivity contribution in [1.29, 1.82) is 0 Å². The molecule has 1 aromatic carbocycles. The van der Waals surface area contributed by atoms with Crippen LogP contribution < -0.4 is 10.6 Å². The third-order valence-corrected chi connectivity index (χ3v) is 4.66. The van der Waals surface area contributed by atoms with Gasteiger partial charge in [0, 0.05) is 28.7 Å². The van der Waals surface area contributed by atoms with Crippen molar-refractivity contribution in [1.82, 2.24) is 0 Å². The van der Waals surface area contributed by atoms with Gasteiger partial charge >= 0.3 is 0 Å². The van der Waals surface area contributed by atoms with Gasteiger partial charge in [0.1, 0.15) is 0 Å². The van der Waals surface area contributed by atoms with Gasteiger partial charge in [-0.3, -0.25) is 0 Å². The van der Waals surface area contributed by atoms with E-state index < -0.39 is 0 Å². The second-order valence-corrected chi connectivity index (χ2v) is 6.13. The van der Waals surface area contributed by atoms with Crippen LogP contribution >= 0.6 is 15.9 Å². The largest absolute Gasteiger partial charge is 0.399 e. The lowest BCUT2D eigenvalue weighted by Crippen LogP contribution is -2.55. The molecule has 1 spiro atoms. The molecule has 0 radical (unpaired) electrons. The molecule has 0 bridgehead atoms. The third-order valence-electron chi connectivity index (χ3n) is 4.03. The first-order chi connectivity index (χ1) is 7.69. The van der Waals surface area contributed by atoms with E-state index in [1.54, 1.807) is 0 Å². The Balaban J connectivity index is 1.76. The van der Waals surface area contributed by atoms with Crippen LogP contribution in [0.1, 0.15) is 25.7 Å². The smallest absolute Gasteiger partial charge is 0.0512 e. The molecule has 1 aliphatic carbocycles. The number of nitrogens with zero attached hydrogens (tertiary/aromatic N) is 1. The maximum absolute atomic E-state index is 5.75. The zero-order valence-corrected chi connectivity index (χ0v) is 11.0. The SMILES string of the molecule is Nc1ccc(N2CC3(CCCC3)C2)c(Br)c1. The van der Waals surface area contributed by atoms with Gasteiger partial charge in [-0.25, -0.2) is 0 Å². The number of rotatable bonds is 1. The van der Waals surface area contributed by atoms with E-state index in [-0.39, 0.29) is 0 Å². The van der Waals surface area contributed by atoms with Crippen molar-refractivity contribution in [2.45, 2.75) is 25.7 Å². The van der Waals surface area contributed by atoms with Crippen LogP contribution in [-0.4, -0.2) is 13.1 Å². The predicted molar refractivity (Wildman–Crippen MR) is 71.7 cm³/mol. The number of nitrogens with two attached hydrogens (primary N) is 1. The first-order valence-electron chi connectivity index (χ1n) is 5.99. The van der Waals surface area contributed by atoms with E-state index in [9.17, 15) is 0 Å². The Morgan fingerprint density at radius 3 is 2.50 bits per heavy atom. The number of anilines is 2. The van der Waals surface area contributed by atoms with Crippen molar-refractivity contribution in [2.24, 2.45) is 5.41 Å². The van der Waals surface area contributed by atoms with Gasteiger partial charge in [0.05, 0.1) is 5.69 Å². The van der Waals surface area contributed by atoms with Gasteiger partial charge in [-0.15, -0.1) is 0 Å². The summed E-state index contributed by atoms with van der Waals surface area (Å²) in [6.45, 7) is 2.46. The van der Waals surface area contributed by atoms with Crippen LogP contribution in [0.5, 0.6) is 0 Å². The Labute approximate surface area is 105 Å². The van der Waals surface area contributed by atoms with Gasteiger partial charge < -0.3 is 10.6 Å². The van der Waals surface area contributed by atoms with Crippen molar-refractivity contribution >= 4 is 27.3 Å². The molecule has 2 N–H and O–H groups in total. The normalized spacial score (nSPS) is 22.4. The van der Waals surface area contributed by atoms with E-state index >= 15 is 0 Å². The van der Waals surface area contributed by atoms with Gasteiger partial charge in [-0.2, -0.15) is 0 Å². The molecule has 1 saturated heterocycles. The van der Waals surface area contributed by atoms with Crippen LogP contribution in [0.2, 0.25) is 0 Å². The highest BCUT2D eigenvalue weighted by Crippen LogP contribution is 2.48. The lowest BCUT2D eigenvalue weighted by Gasteiger charge is -2.50. The molecule has 0 aromatic heterocycles. The molecule has 0 amide bonds. The summed E-state index contributed by atoms with van der Waals surface area (Å²) in [6.07, 6.45) is 5.71. The first kappa shape index (κ1) is 10.5. The molecule has 1 aliphatic heterocycles. The minimum absolute atomic E-state index is 0.654. The van der Waals surface area contributed by atoms with Crippen LogP contribution in [0.15, 0.2) is 22.7 Å². The number of hydrogen-bond donors (Lipinski definition) is 1. The maximum Gasteiger partial charge on any atom is 0.0512 e. The van der Waals surface area contributed by atoms with Gasteiger partial charge in [0.25, 0.3) is 0 Å². The fourth-order valence-electron chi connectivity index (χ4n) is 3.15. The summed E-state index contributed by atoms with van der Waals surface area (Å²) in [7, 11) is 0. The summed E-state index contributed by atoms with van der Waals surface area (Å²) < 4.78 is 1.13. The van der Waals surface area contributed by atoms with Crippen molar-refractivity contribution in [2.75, 3.05) is 23.7 Å². The van der Waals surface area contributed by atoms with Gasteiger partial charge in [0.15, 0.2) is 0 Å². The second-order valence-electron chi connectivity index (χ2n) is 5.27. The summed E-state index contributed by atoms with van der Waals surface area (Å²) >= 11 is 3.60. The molecule has 2 aliphatic rings. The molecule has 3 heteroatoms. The molecule has 1 aromatic rings. The average molecular weight is 281 g/mol. The fourth-order valence-corrected chi connectivity index (χ4v) is 3.80. The minimum Gasteiger partial charge on any atom is -0.399 e. The molecule has 2 fully saturated rings. The highest BCUT2D eigenvalue weighted by atomic mass is 79.9. The molecule has 0 unspecified atom stereocenters. The van der Waals surface area contributed by atoms with E-state index in [4.69, 9.17) is 5.73 Å². The van der Waals surface area contributed by atoms with E-state index in [0.717, 1.165) is 10.2 Å². The van der Waals surface area contributed by atoms with E-state index in [0.29, 0.717) is 5.41 Å². The van der Waals surface area contributed by atoms with Gasteiger partial charge in [0.2, 0.25) is 0 Å². The molecular weight excluding hydrogens is 264 g/mol. The van der Waals surface area contributed by atoms with E-state index in [1.807, 2.05) is 12.1 Å². The van der Waals surface area contributed by atoms with Crippen molar-refractivity contribution in [3.05, 3.63) is 22.7 Å².